The summed E-state index contributed by atoms with van der Waals surface area (Å²) >= 11 is 0. The Morgan fingerprint density at radius 1 is 1.56 bits per heavy atom. The number of nitriles is 1. The number of hydrogen-bond acceptors (Lipinski definition) is 4. The number of halogens is 1. The number of para-hydroxylation sites is 1. The van der Waals surface area contributed by atoms with Crippen molar-refractivity contribution in [3.63, 3.8) is 0 Å². The van der Waals surface area contributed by atoms with Crippen molar-refractivity contribution in [1.29, 1.82) is 5.26 Å². The molecule has 0 saturated heterocycles. The van der Waals surface area contributed by atoms with E-state index in [2.05, 4.69) is 0 Å². The molecule has 2 rings (SSSR count). The standard InChI is InChI=1S/C10H9FN2O2S/c1-13-7(5-12)6-16(14,15)9-4-2-3-8(11)10(9)13/h2-4,7H,6H2,1H3. The summed E-state index contributed by atoms with van der Waals surface area (Å²) in [6.45, 7) is 0. The van der Waals surface area contributed by atoms with Gasteiger partial charge < -0.3 is 4.90 Å². The average molecular weight is 240 g/mol. The molecule has 6 heteroatoms. The van der Waals surface area contributed by atoms with Crippen molar-refractivity contribution in [3.05, 3.63) is 24.0 Å². The molecule has 84 valence electrons. The van der Waals surface area contributed by atoms with E-state index in [9.17, 15) is 12.8 Å². The third kappa shape index (κ3) is 1.44. The van der Waals surface area contributed by atoms with Crippen LogP contribution in [0.1, 0.15) is 0 Å². The van der Waals surface area contributed by atoms with Crippen molar-refractivity contribution < 1.29 is 12.8 Å². The van der Waals surface area contributed by atoms with Gasteiger partial charge in [0.05, 0.1) is 22.4 Å². The van der Waals surface area contributed by atoms with Crippen LogP contribution in [0.4, 0.5) is 10.1 Å². The van der Waals surface area contributed by atoms with Gasteiger partial charge in [-0.15, -0.1) is 0 Å². The summed E-state index contributed by atoms with van der Waals surface area (Å²) in [7, 11) is -2.04. The second-order valence-corrected chi connectivity index (χ2v) is 5.63. The maximum Gasteiger partial charge on any atom is 0.183 e. The smallest absolute Gasteiger partial charge is 0.183 e. The SMILES string of the molecule is CN1c2c(F)cccc2S(=O)(=O)CC1C#N. The first-order valence-electron chi connectivity index (χ1n) is 4.61. The van der Waals surface area contributed by atoms with Gasteiger partial charge >= 0.3 is 0 Å². The second-order valence-electron chi connectivity index (χ2n) is 3.62. The minimum absolute atomic E-state index is 0.0136. The van der Waals surface area contributed by atoms with Crippen molar-refractivity contribution >= 4 is 15.5 Å². The molecule has 0 amide bonds. The zero-order chi connectivity index (χ0) is 11.9. The number of anilines is 1. The molecule has 0 aromatic heterocycles. The molecule has 4 nitrogen and oxygen atoms in total. The van der Waals surface area contributed by atoms with Crippen molar-refractivity contribution in [3.8, 4) is 6.07 Å². The van der Waals surface area contributed by atoms with Crippen molar-refractivity contribution in [2.75, 3.05) is 17.7 Å². The van der Waals surface area contributed by atoms with Crippen LogP contribution in [0.5, 0.6) is 0 Å². The van der Waals surface area contributed by atoms with E-state index in [0.29, 0.717) is 0 Å². The molecule has 0 fully saturated rings. The number of nitrogens with zero attached hydrogens (tertiary/aromatic N) is 2. The summed E-state index contributed by atoms with van der Waals surface area (Å²) in [4.78, 5) is 1.33. The lowest BCUT2D eigenvalue weighted by atomic mass is 10.2. The van der Waals surface area contributed by atoms with Crippen LogP contribution in [0.3, 0.4) is 0 Å². The number of hydrogen-bond donors (Lipinski definition) is 0. The molecule has 1 atom stereocenters. The molecule has 1 aliphatic heterocycles. The van der Waals surface area contributed by atoms with Crippen LogP contribution >= 0.6 is 0 Å². The fraction of sp³-hybridized carbons (Fsp3) is 0.300. The molecule has 1 unspecified atom stereocenters. The fourth-order valence-electron chi connectivity index (χ4n) is 1.78. The molecule has 0 aliphatic carbocycles. The van der Waals surface area contributed by atoms with Crippen LogP contribution in [0.2, 0.25) is 0 Å². The highest BCUT2D eigenvalue weighted by Gasteiger charge is 2.35. The van der Waals surface area contributed by atoms with Gasteiger partial charge in [0, 0.05) is 7.05 Å². The highest BCUT2D eigenvalue weighted by atomic mass is 32.2. The van der Waals surface area contributed by atoms with E-state index in [4.69, 9.17) is 5.26 Å². The third-order valence-electron chi connectivity index (χ3n) is 2.63. The Balaban J connectivity index is 2.75. The van der Waals surface area contributed by atoms with Crippen LogP contribution in [0.15, 0.2) is 23.1 Å². The third-order valence-corrected chi connectivity index (χ3v) is 4.39. The average Bonchev–Trinajstić information content (AvgIpc) is 2.23. The first kappa shape index (κ1) is 10.9. The van der Waals surface area contributed by atoms with E-state index in [1.165, 1.54) is 30.1 Å². The van der Waals surface area contributed by atoms with Gasteiger partial charge in [-0.05, 0) is 12.1 Å². The van der Waals surface area contributed by atoms with Crippen molar-refractivity contribution in [2.24, 2.45) is 0 Å². The van der Waals surface area contributed by atoms with Crippen LogP contribution in [-0.2, 0) is 9.84 Å². The molecule has 0 N–H and O–H groups in total. The highest BCUT2D eigenvalue weighted by Crippen LogP contribution is 2.34. The molecule has 0 saturated carbocycles. The van der Waals surface area contributed by atoms with E-state index in [1.807, 2.05) is 6.07 Å². The van der Waals surface area contributed by atoms with Crippen LogP contribution < -0.4 is 4.90 Å². The lowest BCUT2D eigenvalue weighted by molar-refractivity contribution is 0.573. The summed E-state index contributed by atoms with van der Waals surface area (Å²) in [6.07, 6.45) is 0. The van der Waals surface area contributed by atoms with Crippen molar-refractivity contribution in [1.82, 2.24) is 0 Å². The number of sulfone groups is 1. The number of benzene rings is 1. The maximum atomic E-state index is 13.6. The summed E-state index contributed by atoms with van der Waals surface area (Å²) < 4.78 is 37.2. The lowest BCUT2D eigenvalue weighted by Gasteiger charge is -2.31. The Morgan fingerprint density at radius 2 is 2.25 bits per heavy atom. The van der Waals surface area contributed by atoms with Crippen molar-refractivity contribution in [2.45, 2.75) is 10.9 Å². The molecule has 0 bridgehead atoms. The molecular weight excluding hydrogens is 231 g/mol. The van der Waals surface area contributed by atoms with Gasteiger partial charge in [0.15, 0.2) is 9.84 Å². The van der Waals surface area contributed by atoms with Gasteiger partial charge in [-0.2, -0.15) is 5.26 Å². The zero-order valence-electron chi connectivity index (χ0n) is 8.51. The molecule has 0 spiro atoms. The predicted octanol–water partition coefficient (Wildman–Crippen LogP) is 0.941. The van der Waals surface area contributed by atoms with Crippen LogP contribution in [0.25, 0.3) is 0 Å². The van der Waals surface area contributed by atoms with E-state index in [0.717, 1.165) is 0 Å². The Kier molecular flexibility index (Phi) is 2.35. The van der Waals surface area contributed by atoms with E-state index in [-0.39, 0.29) is 16.3 Å². The molecule has 0 radical (unpaired) electrons. The molecule has 1 heterocycles. The summed E-state index contributed by atoms with van der Waals surface area (Å²) in [5, 5.41) is 8.83. The minimum Gasteiger partial charge on any atom is -0.355 e. The van der Waals surface area contributed by atoms with Gasteiger partial charge in [0.25, 0.3) is 0 Å². The van der Waals surface area contributed by atoms with E-state index >= 15 is 0 Å². The zero-order valence-corrected chi connectivity index (χ0v) is 9.33. The summed E-state index contributed by atoms with van der Waals surface area (Å²) in [5.74, 6) is -0.917. The van der Waals surface area contributed by atoms with E-state index < -0.39 is 21.7 Å². The first-order valence-corrected chi connectivity index (χ1v) is 6.26. The summed E-state index contributed by atoms with van der Waals surface area (Å²) in [6, 6.07) is 4.92. The van der Waals surface area contributed by atoms with Crippen LogP contribution in [0, 0.1) is 17.1 Å². The van der Waals surface area contributed by atoms with E-state index in [1.54, 1.807) is 0 Å². The topological polar surface area (TPSA) is 61.2 Å². The number of fused-ring (bicyclic) bond motifs is 1. The van der Waals surface area contributed by atoms with Gasteiger partial charge in [0.1, 0.15) is 11.9 Å². The molecule has 1 aliphatic rings. The summed E-state index contributed by atoms with van der Waals surface area (Å²) in [5.41, 5.74) is -0.0136. The molecular formula is C10H9FN2O2S. The molecule has 1 aromatic carbocycles. The lowest BCUT2D eigenvalue weighted by Crippen LogP contribution is -2.41. The Labute approximate surface area is 92.8 Å². The van der Waals surface area contributed by atoms with Gasteiger partial charge in [-0.3, -0.25) is 0 Å². The predicted molar refractivity (Wildman–Crippen MR) is 56.3 cm³/mol. The second kappa shape index (κ2) is 3.46. The van der Waals surface area contributed by atoms with Gasteiger partial charge in [-0.1, -0.05) is 6.07 Å². The molecule has 1 aromatic rings. The number of rotatable bonds is 0. The quantitative estimate of drug-likeness (QED) is 0.677. The Hall–Kier alpha value is -1.61. The fourth-order valence-corrected chi connectivity index (χ4v) is 3.49. The maximum absolute atomic E-state index is 13.6. The van der Waals surface area contributed by atoms with Gasteiger partial charge in [-0.25, -0.2) is 12.8 Å². The molecule has 16 heavy (non-hydrogen) atoms. The van der Waals surface area contributed by atoms with Gasteiger partial charge in [0.2, 0.25) is 0 Å². The van der Waals surface area contributed by atoms with Crippen LogP contribution in [-0.4, -0.2) is 27.3 Å². The Bertz CT molecular complexity index is 577. The first-order chi connectivity index (χ1) is 7.47. The Morgan fingerprint density at radius 3 is 2.88 bits per heavy atom. The highest BCUT2D eigenvalue weighted by molar-refractivity contribution is 7.91. The minimum atomic E-state index is -3.56. The monoisotopic (exact) mass is 240 g/mol. The normalized spacial score (nSPS) is 22.3. The largest absolute Gasteiger partial charge is 0.355 e.